The molecule has 3 N–H and O–H groups in total. The van der Waals surface area contributed by atoms with Gasteiger partial charge >= 0.3 is 0 Å². The van der Waals surface area contributed by atoms with Crippen molar-refractivity contribution in [2.75, 3.05) is 18.4 Å². The van der Waals surface area contributed by atoms with Gasteiger partial charge in [-0.15, -0.1) is 0 Å². The van der Waals surface area contributed by atoms with Crippen molar-refractivity contribution in [3.63, 3.8) is 0 Å². The zero-order chi connectivity index (χ0) is 23.0. The van der Waals surface area contributed by atoms with E-state index in [0.717, 1.165) is 23.2 Å². The Morgan fingerprint density at radius 2 is 1.45 bits per heavy atom. The molecule has 2 amide bonds. The highest BCUT2D eigenvalue weighted by Gasteiger charge is 2.17. The molecule has 5 heteroatoms. The number of benzene rings is 2. The summed E-state index contributed by atoms with van der Waals surface area (Å²) in [7, 11) is 0. The largest absolute Gasteiger partial charge is 0.346 e. The van der Waals surface area contributed by atoms with E-state index in [2.05, 4.69) is 67.9 Å². The van der Waals surface area contributed by atoms with E-state index < -0.39 is 0 Å². The van der Waals surface area contributed by atoms with Gasteiger partial charge in [-0.2, -0.15) is 0 Å². The smallest absolute Gasteiger partial charge is 0.243 e. The monoisotopic (exact) mass is 423 g/mol. The molecule has 31 heavy (non-hydrogen) atoms. The van der Waals surface area contributed by atoms with Crippen molar-refractivity contribution in [1.29, 1.82) is 0 Å². The number of rotatable bonds is 10. The predicted octanol–water partition coefficient (Wildman–Crippen LogP) is 4.54. The lowest BCUT2D eigenvalue weighted by atomic mass is 9.94. The minimum atomic E-state index is -0.230. The molecule has 0 radical (unpaired) electrons. The van der Waals surface area contributed by atoms with E-state index in [1.807, 2.05) is 32.0 Å². The summed E-state index contributed by atoms with van der Waals surface area (Å²) in [6.45, 7) is 12.7. The van der Waals surface area contributed by atoms with E-state index in [0.29, 0.717) is 11.8 Å². The maximum absolute atomic E-state index is 12.3. The molecule has 2 aromatic rings. The van der Waals surface area contributed by atoms with E-state index in [1.54, 1.807) is 0 Å². The van der Waals surface area contributed by atoms with Crippen LogP contribution in [-0.4, -0.2) is 24.9 Å². The quantitative estimate of drug-likeness (QED) is 0.525. The molecule has 0 unspecified atom stereocenters. The molecule has 0 fully saturated rings. The number of carbonyl (C=O) groups excluding carboxylic acids is 2. The Bertz CT molecular complexity index is 852. The van der Waals surface area contributed by atoms with Crippen molar-refractivity contribution in [2.45, 2.75) is 54.0 Å². The molecule has 0 aliphatic carbocycles. The highest BCUT2D eigenvalue weighted by atomic mass is 16.2. The average Bonchev–Trinajstić information content (AvgIpc) is 2.70. The van der Waals surface area contributed by atoms with E-state index in [4.69, 9.17) is 0 Å². The molecule has 0 spiro atoms. The summed E-state index contributed by atoms with van der Waals surface area (Å²) in [5, 5.41) is 8.94. The highest BCUT2D eigenvalue weighted by molar-refractivity contribution is 5.95. The minimum absolute atomic E-state index is 0.0511. The predicted molar refractivity (Wildman–Crippen MR) is 128 cm³/mol. The van der Waals surface area contributed by atoms with Crippen LogP contribution in [0.5, 0.6) is 0 Å². The number of hydrogen-bond acceptors (Lipinski definition) is 3. The first-order valence-corrected chi connectivity index (χ1v) is 11.1. The van der Waals surface area contributed by atoms with Crippen LogP contribution in [0.15, 0.2) is 42.5 Å². The first-order chi connectivity index (χ1) is 14.7. The molecule has 2 aromatic carbocycles. The Labute approximate surface area is 187 Å². The van der Waals surface area contributed by atoms with Crippen LogP contribution >= 0.6 is 0 Å². The van der Waals surface area contributed by atoms with Crippen LogP contribution in [0.1, 0.15) is 56.0 Å². The Morgan fingerprint density at radius 1 is 0.839 bits per heavy atom. The number of aryl methyl sites for hydroxylation is 2. The lowest BCUT2D eigenvalue weighted by molar-refractivity contribution is -0.123. The second-order valence-electron chi connectivity index (χ2n) is 9.03. The standard InChI is InChI=1S/C26H37N3O2/c1-17(2)14-21-10-12-22(13-11-21)25(18(3)4)28-15-23(30)27-16-24(31)29-26-19(5)8-7-9-20(26)6/h7-13,17-18,25,28H,14-16H2,1-6H3,(H,27,30)(H,29,31)/t25-/m1/s1. The van der Waals surface area contributed by atoms with Crippen molar-refractivity contribution in [3.05, 3.63) is 64.7 Å². The Morgan fingerprint density at radius 3 is 2.00 bits per heavy atom. The number of amides is 2. The molecule has 1 atom stereocenters. The van der Waals surface area contributed by atoms with E-state index in [9.17, 15) is 9.59 Å². The van der Waals surface area contributed by atoms with Gasteiger partial charge in [-0.05, 0) is 54.4 Å². The summed E-state index contributed by atoms with van der Waals surface area (Å²) >= 11 is 0. The van der Waals surface area contributed by atoms with Gasteiger partial charge in [0.05, 0.1) is 13.1 Å². The van der Waals surface area contributed by atoms with Crippen LogP contribution < -0.4 is 16.0 Å². The van der Waals surface area contributed by atoms with Crippen molar-refractivity contribution < 1.29 is 9.59 Å². The lowest BCUT2D eigenvalue weighted by Gasteiger charge is -2.23. The fourth-order valence-electron chi connectivity index (χ4n) is 3.71. The molecule has 0 saturated carbocycles. The number of nitrogens with one attached hydrogen (secondary N) is 3. The van der Waals surface area contributed by atoms with Crippen molar-refractivity contribution >= 4 is 17.5 Å². The fourth-order valence-corrected chi connectivity index (χ4v) is 3.71. The molecule has 0 bridgehead atoms. The molecule has 2 rings (SSSR count). The maximum Gasteiger partial charge on any atom is 0.243 e. The van der Waals surface area contributed by atoms with E-state index in [1.165, 1.54) is 11.1 Å². The normalized spacial score (nSPS) is 12.1. The number of hydrogen-bond donors (Lipinski definition) is 3. The van der Waals surface area contributed by atoms with Gasteiger partial charge in [0.15, 0.2) is 0 Å². The average molecular weight is 424 g/mol. The van der Waals surface area contributed by atoms with Crippen LogP contribution in [0, 0.1) is 25.7 Å². The molecular formula is C26H37N3O2. The number of anilines is 1. The van der Waals surface area contributed by atoms with Crippen LogP contribution in [0.3, 0.4) is 0 Å². The van der Waals surface area contributed by atoms with Crippen molar-refractivity contribution in [2.24, 2.45) is 11.8 Å². The van der Waals surface area contributed by atoms with Gasteiger partial charge in [0.1, 0.15) is 0 Å². The van der Waals surface area contributed by atoms with Gasteiger partial charge in [0.2, 0.25) is 11.8 Å². The van der Waals surface area contributed by atoms with E-state index >= 15 is 0 Å². The molecular weight excluding hydrogens is 386 g/mol. The molecule has 0 aromatic heterocycles. The minimum Gasteiger partial charge on any atom is -0.346 e. The van der Waals surface area contributed by atoms with Crippen LogP contribution in [0.25, 0.3) is 0 Å². The zero-order valence-electron chi connectivity index (χ0n) is 19.7. The summed E-state index contributed by atoms with van der Waals surface area (Å²) < 4.78 is 0. The molecule has 5 nitrogen and oxygen atoms in total. The molecule has 0 aliphatic heterocycles. The van der Waals surface area contributed by atoms with Gasteiger partial charge in [-0.3, -0.25) is 9.59 Å². The van der Waals surface area contributed by atoms with Gasteiger partial charge < -0.3 is 16.0 Å². The van der Waals surface area contributed by atoms with Crippen molar-refractivity contribution in [1.82, 2.24) is 10.6 Å². The Balaban J connectivity index is 1.85. The summed E-state index contributed by atoms with van der Waals surface area (Å²) in [4.78, 5) is 24.6. The van der Waals surface area contributed by atoms with Crippen molar-refractivity contribution in [3.8, 4) is 0 Å². The van der Waals surface area contributed by atoms with Gasteiger partial charge in [-0.25, -0.2) is 0 Å². The SMILES string of the molecule is Cc1cccc(C)c1NC(=O)CNC(=O)CN[C@@H](c1ccc(CC(C)C)cc1)C(C)C. The fraction of sp³-hybridized carbons (Fsp3) is 0.462. The first kappa shape index (κ1) is 24.6. The summed E-state index contributed by atoms with van der Waals surface area (Å²) in [5.74, 6) is 0.530. The third-order valence-corrected chi connectivity index (χ3v) is 5.32. The van der Waals surface area contributed by atoms with Crippen LogP contribution in [0.4, 0.5) is 5.69 Å². The summed E-state index contributed by atoms with van der Waals surface area (Å²) in [6, 6.07) is 14.6. The Hall–Kier alpha value is -2.66. The number of para-hydroxylation sites is 1. The third-order valence-electron chi connectivity index (χ3n) is 5.32. The third kappa shape index (κ3) is 7.83. The lowest BCUT2D eigenvalue weighted by Crippen LogP contribution is -2.40. The second-order valence-corrected chi connectivity index (χ2v) is 9.03. The van der Waals surface area contributed by atoms with Gasteiger partial charge in [-0.1, -0.05) is 70.2 Å². The zero-order valence-corrected chi connectivity index (χ0v) is 19.7. The first-order valence-electron chi connectivity index (χ1n) is 11.1. The topological polar surface area (TPSA) is 70.2 Å². The van der Waals surface area contributed by atoms with Crippen LogP contribution in [0.2, 0.25) is 0 Å². The summed E-state index contributed by atoms with van der Waals surface area (Å²) in [6.07, 6.45) is 1.06. The Kier molecular flexibility index (Phi) is 9.25. The van der Waals surface area contributed by atoms with Gasteiger partial charge in [0, 0.05) is 11.7 Å². The van der Waals surface area contributed by atoms with E-state index in [-0.39, 0.29) is 30.9 Å². The maximum atomic E-state index is 12.3. The van der Waals surface area contributed by atoms with Crippen LogP contribution in [-0.2, 0) is 16.0 Å². The molecule has 0 heterocycles. The second kappa shape index (κ2) is 11.7. The molecule has 0 aliphatic rings. The highest BCUT2D eigenvalue weighted by Crippen LogP contribution is 2.22. The summed E-state index contributed by atoms with van der Waals surface area (Å²) in [5.41, 5.74) is 5.30. The van der Waals surface area contributed by atoms with Gasteiger partial charge in [0.25, 0.3) is 0 Å². The molecule has 0 saturated heterocycles. The number of carbonyl (C=O) groups is 2. The molecule has 168 valence electrons.